The maximum Gasteiger partial charge on any atom is 0.0686 e. The Balaban J connectivity index is 0.000000218. The van der Waals surface area contributed by atoms with Crippen molar-refractivity contribution in [3.05, 3.63) is 103 Å². The first-order valence-corrected chi connectivity index (χ1v) is 10.1. The molecule has 0 heterocycles. The number of rotatable bonds is 3. The molecule has 0 N–H and O–H groups in total. The van der Waals surface area contributed by atoms with Crippen LogP contribution in [-0.2, 0) is 17.1 Å². The molecule has 28 heavy (non-hydrogen) atoms. The summed E-state index contributed by atoms with van der Waals surface area (Å²) >= 11 is 0. The molecule has 1 nitrogen and oxygen atoms in total. The summed E-state index contributed by atoms with van der Waals surface area (Å²) in [6.07, 6.45) is 0. The molecule has 152 valence electrons. The van der Waals surface area contributed by atoms with E-state index in [1.807, 2.05) is 61.5 Å². The Hall–Kier alpha value is -1.68. The van der Waals surface area contributed by atoms with Crippen LogP contribution < -0.4 is 15.3 Å². The molecule has 0 spiro atoms. The van der Waals surface area contributed by atoms with Gasteiger partial charge in [-0.1, -0.05) is 60.7 Å². The second kappa shape index (κ2) is 14.3. The standard InChI is InChI=1S/C12H10.C7H10OP.C5H6P.Fe/c1-3-7-11(8-4-1)12-9-5-2-6-10-12;1-2-8-6-4-3-5-7(6)9;6-5-3-1-2-4-5;/h1-10H;3-5H,2,9H2,1H3;1-4H,6H2;/q;-1;-5;. The molecule has 4 aromatic rings. The largest absolute Gasteiger partial charge is 0.747 e. The van der Waals surface area contributed by atoms with E-state index in [1.165, 1.54) is 16.4 Å². The summed E-state index contributed by atoms with van der Waals surface area (Å²) in [5, 5.41) is 2.40. The summed E-state index contributed by atoms with van der Waals surface area (Å²) in [5.41, 5.74) is 2.55. The maximum atomic E-state index is 5.26. The number of hydrogen-bond donors (Lipinski definition) is 0. The van der Waals surface area contributed by atoms with E-state index in [9.17, 15) is 0 Å². The van der Waals surface area contributed by atoms with E-state index in [0.29, 0.717) is 0 Å². The van der Waals surface area contributed by atoms with Gasteiger partial charge in [0.05, 0.1) is 6.61 Å². The molecule has 0 saturated carbocycles. The number of ether oxygens (including phenoxy) is 1. The van der Waals surface area contributed by atoms with E-state index >= 15 is 0 Å². The summed E-state index contributed by atoms with van der Waals surface area (Å²) in [6.45, 7) is 2.72. The molecule has 0 aliphatic carbocycles. The molecular weight excluding hydrogens is 422 g/mol. The van der Waals surface area contributed by atoms with Crippen LogP contribution in [0, 0.1) is 0 Å². The third kappa shape index (κ3) is 9.01. The predicted octanol–water partition coefficient (Wildman–Crippen LogP) is 5.56. The number of benzene rings is 2. The van der Waals surface area contributed by atoms with Crippen molar-refractivity contribution in [1.82, 2.24) is 0 Å². The van der Waals surface area contributed by atoms with Crippen LogP contribution in [0.3, 0.4) is 0 Å². The maximum absolute atomic E-state index is 5.26. The van der Waals surface area contributed by atoms with Crippen molar-refractivity contribution in [2.45, 2.75) is 6.92 Å². The summed E-state index contributed by atoms with van der Waals surface area (Å²) in [4.78, 5) is 0. The monoisotopic (exact) mass is 448 g/mol. The third-order valence-electron chi connectivity index (χ3n) is 3.68. The first kappa shape index (κ1) is 24.4. The zero-order valence-electron chi connectivity index (χ0n) is 15.9. The van der Waals surface area contributed by atoms with Crippen molar-refractivity contribution in [2.75, 3.05) is 6.61 Å². The molecule has 0 aliphatic heterocycles. The van der Waals surface area contributed by atoms with E-state index < -0.39 is 0 Å². The Morgan fingerprint density at radius 3 is 1.64 bits per heavy atom. The minimum atomic E-state index is 0. The molecule has 4 rings (SSSR count). The predicted molar refractivity (Wildman–Crippen MR) is 126 cm³/mol. The average molecular weight is 448 g/mol. The van der Waals surface area contributed by atoms with Gasteiger partial charge in [-0.3, -0.25) is 0 Å². The molecule has 0 fully saturated rings. The Bertz CT molecular complexity index is 819. The van der Waals surface area contributed by atoms with Crippen molar-refractivity contribution in [3.63, 3.8) is 0 Å². The van der Waals surface area contributed by atoms with Crippen LogP contribution in [0.1, 0.15) is 6.92 Å². The Labute approximate surface area is 184 Å². The van der Waals surface area contributed by atoms with E-state index in [-0.39, 0.29) is 17.1 Å². The van der Waals surface area contributed by atoms with Gasteiger partial charge < -0.3 is 43.5 Å². The van der Waals surface area contributed by atoms with E-state index in [1.54, 1.807) is 0 Å². The Morgan fingerprint density at radius 1 is 0.821 bits per heavy atom. The summed E-state index contributed by atoms with van der Waals surface area (Å²) in [7, 11) is 5.24. The fourth-order valence-corrected chi connectivity index (χ4v) is 2.87. The van der Waals surface area contributed by atoms with Crippen LogP contribution in [0.25, 0.3) is 11.1 Å². The molecule has 0 bridgehead atoms. The van der Waals surface area contributed by atoms with E-state index in [2.05, 4.69) is 67.0 Å². The summed E-state index contributed by atoms with van der Waals surface area (Å²) in [6, 6.07) is 34.9. The van der Waals surface area contributed by atoms with Crippen LogP contribution in [-0.4, -0.2) is 6.61 Å². The van der Waals surface area contributed by atoms with Gasteiger partial charge in [0, 0.05) is 22.8 Å². The zero-order chi connectivity index (χ0) is 19.3. The van der Waals surface area contributed by atoms with Gasteiger partial charge in [0.25, 0.3) is 0 Å². The van der Waals surface area contributed by atoms with Crippen molar-refractivity contribution < 1.29 is 21.8 Å². The van der Waals surface area contributed by atoms with Crippen LogP contribution >= 0.6 is 18.5 Å². The molecular formula is C24H26FeOP2-6. The second-order valence-corrected chi connectivity index (χ2v) is 7.02. The molecule has 0 aliphatic rings. The van der Waals surface area contributed by atoms with Gasteiger partial charge in [0.1, 0.15) is 0 Å². The smallest absolute Gasteiger partial charge is 0.0686 e. The normalized spacial score (nSPS) is 9.11. The average Bonchev–Trinajstić information content (AvgIpc) is 3.36. The molecule has 0 saturated heterocycles. The number of hydrogen-bond acceptors (Lipinski definition) is 1. The molecule has 4 heteroatoms. The Morgan fingerprint density at radius 2 is 1.32 bits per heavy atom. The first-order chi connectivity index (χ1) is 13.2. The van der Waals surface area contributed by atoms with Gasteiger partial charge in [0.15, 0.2) is 0 Å². The van der Waals surface area contributed by atoms with Crippen molar-refractivity contribution >= 4 is 29.1 Å². The fraction of sp³-hybridized carbons (Fsp3) is 0.0833. The minimum Gasteiger partial charge on any atom is -0.747 e. The van der Waals surface area contributed by atoms with Gasteiger partial charge in [-0.05, 0) is 18.1 Å². The fourth-order valence-electron chi connectivity index (χ4n) is 2.35. The second-order valence-electron chi connectivity index (χ2n) is 5.73. The van der Waals surface area contributed by atoms with Crippen molar-refractivity contribution in [3.8, 4) is 16.9 Å². The van der Waals surface area contributed by atoms with Gasteiger partial charge in [-0.15, -0.1) is 20.6 Å². The summed E-state index contributed by atoms with van der Waals surface area (Å²) < 4.78 is 5.26. The van der Waals surface area contributed by atoms with Crippen molar-refractivity contribution in [1.29, 1.82) is 0 Å². The van der Waals surface area contributed by atoms with E-state index in [4.69, 9.17) is 4.74 Å². The molecule has 4 aromatic carbocycles. The topological polar surface area (TPSA) is 9.23 Å². The molecule has 0 amide bonds. The van der Waals surface area contributed by atoms with Crippen LogP contribution in [0.15, 0.2) is 103 Å². The van der Waals surface area contributed by atoms with Crippen LogP contribution in [0.2, 0.25) is 0 Å². The SMILES string of the molecule is CCO[c-]1cccc1P.P[c-]1[cH-][cH-][cH-][cH-]1.[Fe].c1ccc(-c2ccccc2)cc1. The zero-order valence-corrected chi connectivity index (χ0v) is 19.4. The molecule has 0 radical (unpaired) electrons. The van der Waals surface area contributed by atoms with Gasteiger partial charge in [0.2, 0.25) is 0 Å². The van der Waals surface area contributed by atoms with Gasteiger partial charge in [-0.25, -0.2) is 12.1 Å². The minimum absolute atomic E-state index is 0. The van der Waals surface area contributed by atoms with Crippen LogP contribution in [0.4, 0.5) is 0 Å². The Kier molecular flexibility index (Phi) is 12.5. The van der Waals surface area contributed by atoms with E-state index in [0.717, 1.165) is 17.7 Å². The molecule has 0 aromatic heterocycles. The quantitative estimate of drug-likeness (QED) is 0.227. The molecule has 2 unspecified atom stereocenters. The third-order valence-corrected chi connectivity index (χ3v) is 4.54. The molecule has 2 atom stereocenters. The summed E-state index contributed by atoms with van der Waals surface area (Å²) in [5.74, 6) is 0.975. The van der Waals surface area contributed by atoms with Crippen molar-refractivity contribution in [2.24, 2.45) is 0 Å². The van der Waals surface area contributed by atoms with Crippen LogP contribution in [0.5, 0.6) is 5.75 Å². The van der Waals surface area contributed by atoms with Gasteiger partial charge in [-0.2, -0.15) is 0 Å². The first-order valence-electron chi connectivity index (χ1n) is 8.92. The van der Waals surface area contributed by atoms with Gasteiger partial charge >= 0.3 is 0 Å².